The fourth-order valence-corrected chi connectivity index (χ4v) is 0.864. The van der Waals surface area contributed by atoms with Crippen LogP contribution in [0.15, 0.2) is 16.9 Å². The third-order valence-electron chi connectivity index (χ3n) is 1.67. The van der Waals surface area contributed by atoms with Crippen molar-refractivity contribution in [2.24, 2.45) is 5.92 Å². The lowest BCUT2D eigenvalue weighted by Gasteiger charge is -1.96. The number of oxazole rings is 1. The number of rotatable bonds is 3. The van der Waals surface area contributed by atoms with Gasteiger partial charge in [0.15, 0.2) is 0 Å². The first-order chi connectivity index (χ1) is 4.95. The van der Waals surface area contributed by atoms with Gasteiger partial charge in [-0.3, -0.25) is 0 Å². The summed E-state index contributed by atoms with van der Waals surface area (Å²) in [5.74, 6) is 0.867. The molecule has 1 N–H and O–H groups in total. The summed E-state index contributed by atoms with van der Waals surface area (Å²) in [7, 11) is 0. The molecule has 0 spiro atoms. The van der Waals surface area contributed by atoms with E-state index >= 15 is 0 Å². The van der Waals surface area contributed by atoms with Gasteiger partial charge in [-0.1, -0.05) is 0 Å². The van der Waals surface area contributed by atoms with Crippen molar-refractivity contribution >= 4 is 30.8 Å². The second-order valence-corrected chi connectivity index (χ2v) is 2.66. The number of nitrogens with one attached hydrogen (secondary N) is 1. The Morgan fingerprint density at radius 3 is 2.75 bits per heavy atom. The Morgan fingerprint density at radius 1 is 1.50 bits per heavy atom. The van der Waals surface area contributed by atoms with Crippen LogP contribution >= 0.6 is 24.8 Å². The molecule has 0 atom stereocenters. The summed E-state index contributed by atoms with van der Waals surface area (Å²) in [6.07, 6.45) is 5.94. The molecule has 1 fully saturated rings. The average Bonchev–Trinajstić information content (AvgIpc) is 2.63. The van der Waals surface area contributed by atoms with Crippen LogP contribution in [0.4, 0.5) is 6.01 Å². The van der Waals surface area contributed by atoms with Gasteiger partial charge in [0.25, 0.3) is 6.01 Å². The number of hydrogen-bond donors (Lipinski definition) is 1. The number of nitrogens with zero attached hydrogens (tertiary/aromatic N) is 1. The van der Waals surface area contributed by atoms with Crippen molar-refractivity contribution in [1.82, 2.24) is 4.98 Å². The van der Waals surface area contributed by atoms with E-state index in [0.717, 1.165) is 12.5 Å². The molecule has 0 bridgehead atoms. The fraction of sp³-hybridized carbons (Fsp3) is 0.571. The van der Waals surface area contributed by atoms with Crippen LogP contribution < -0.4 is 5.32 Å². The predicted molar refractivity (Wildman–Crippen MR) is 52.2 cm³/mol. The summed E-state index contributed by atoms with van der Waals surface area (Å²) in [6.45, 7) is 1.01. The number of hydrogen-bond acceptors (Lipinski definition) is 3. The fourth-order valence-electron chi connectivity index (χ4n) is 0.864. The van der Waals surface area contributed by atoms with Crippen LogP contribution in [0.1, 0.15) is 12.8 Å². The van der Waals surface area contributed by atoms with Crippen molar-refractivity contribution < 1.29 is 4.42 Å². The molecule has 12 heavy (non-hydrogen) atoms. The minimum Gasteiger partial charge on any atom is -0.432 e. The van der Waals surface area contributed by atoms with E-state index in [1.54, 1.807) is 12.5 Å². The molecule has 0 aliphatic heterocycles. The summed E-state index contributed by atoms with van der Waals surface area (Å²) in [6, 6.07) is 0.645. The van der Waals surface area contributed by atoms with E-state index in [4.69, 9.17) is 4.42 Å². The van der Waals surface area contributed by atoms with Crippen LogP contribution in [0.25, 0.3) is 0 Å². The Balaban J connectivity index is 0.000000605. The van der Waals surface area contributed by atoms with Crippen molar-refractivity contribution in [3.05, 3.63) is 12.5 Å². The molecular weight excluding hydrogens is 199 g/mol. The van der Waals surface area contributed by atoms with Gasteiger partial charge in [0.1, 0.15) is 6.26 Å². The lowest BCUT2D eigenvalue weighted by atomic mass is 10.4. The molecule has 0 amide bonds. The lowest BCUT2D eigenvalue weighted by molar-refractivity contribution is 0.569. The van der Waals surface area contributed by atoms with Crippen LogP contribution in [0, 0.1) is 5.92 Å². The molecule has 70 valence electrons. The summed E-state index contributed by atoms with van der Waals surface area (Å²) >= 11 is 0. The summed E-state index contributed by atoms with van der Waals surface area (Å²) in [5, 5.41) is 3.11. The van der Waals surface area contributed by atoms with Crippen molar-refractivity contribution in [3.63, 3.8) is 0 Å². The highest BCUT2D eigenvalue weighted by molar-refractivity contribution is 5.85. The van der Waals surface area contributed by atoms with E-state index in [0.29, 0.717) is 6.01 Å². The number of aromatic nitrogens is 1. The molecule has 1 heterocycles. The van der Waals surface area contributed by atoms with Gasteiger partial charge in [0.05, 0.1) is 6.20 Å². The minimum absolute atomic E-state index is 0. The van der Waals surface area contributed by atoms with E-state index in [1.807, 2.05) is 0 Å². The van der Waals surface area contributed by atoms with Gasteiger partial charge in [-0.15, -0.1) is 24.8 Å². The number of anilines is 1. The van der Waals surface area contributed by atoms with Crippen LogP contribution in [-0.2, 0) is 0 Å². The Labute approximate surface area is 83.8 Å². The maximum absolute atomic E-state index is 4.99. The first-order valence-corrected chi connectivity index (χ1v) is 3.58. The molecule has 0 unspecified atom stereocenters. The third kappa shape index (κ3) is 3.32. The Hall–Kier alpha value is -0.410. The van der Waals surface area contributed by atoms with Crippen molar-refractivity contribution in [3.8, 4) is 0 Å². The predicted octanol–water partition coefficient (Wildman–Crippen LogP) is 2.34. The van der Waals surface area contributed by atoms with Crippen molar-refractivity contribution in [2.75, 3.05) is 11.9 Å². The highest BCUT2D eigenvalue weighted by Crippen LogP contribution is 2.28. The van der Waals surface area contributed by atoms with Crippen LogP contribution in [-0.4, -0.2) is 11.5 Å². The molecule has 0 aromatic carbocycles. The zero-order valence-corrected chi connectivity index (χ0v) is 8.16. The normalized spacial score (nSPS) is 14.3. The molecule has 1 aromatic heterocycles. The largest absolute Gasteiger partial charge is 0.432 e. The van der Waals surface area contributed by atoms with Gasteiger partial charge < -0.3 is 9.73 Å². The van der Waals surface area contributed by atoms with E-state index in [1.165, 1.54) is 12.8 Å². The molecular formula is C7H12Cl2N2O. The third-order valence-corrected chi connectivity index (χ3v) is 1.67. The Kier molecular flexibility index (Phi) is 5.09. The van der Waals surface area contributed by atoms with Gasteiger partial charge >= 0.3 is 0 Å². The number of halogens is 2. The highest BCUT2D eigenvalue weighted by atomic mass is 35.5. The monoisotopic (exact) mass is 210 g/mol. The molecule has 3 nitrogen and oxygen atoms in total. The van der Waals surface area contributed by atoms with E-state index < -0.39 is 0 Å². The van der Waals surface area contributed by atoms with Crippen LogP contribution in [0.2, 0.25) is 0 Å². The molecule has 0 saturated heterocycles. The first kappa shape index (κ1) is 11.6. The van der Waals surface area contributed by atoms with Crippen LogP contribution in [0.3, 0.4) is 0 Å². The molecule has 1 saturated carbocycles. The standard InChI is InChI=1S/C7H10N2O.2ClH/c1-2-6(1)5-9-7-8-3-4-10-7;;/h3-4,6H,1-2,5H2,(H,8,9);2*1H. The van der Waals surface area contributed by atoms with Crippen LogP contribution in [0.5, 0.6) is 0 Å². The van der Waals surface area contributed by atoms with Gasteiger partial charge in [-0.05, 0) is 18.8 Å². The smallest absolute Gasteiger partial charge is 0.294 e. The summed E-state index contributed by atoms with van der Waals surface area (Å²) < 4.78 is 4.99. The Morgan fingerprint density at radius 2 is 2.25 bits per heavy atom. The second-order valence-electron chi connectivity index (χ2n) is 2.66. The van der Waals surface area contributed by atoms with Gasteiger partial charge in [0, 0.05) is 6.54 Å². The van der Waals surface area contributed by atoms with E-state index in [-0.39, 0.29) is 24.8 Å². The summed E-state index contributed by atoms with van der Waals surface area (Å²) in [5.41, 5.74) is 0. The Bertz CT molecular complexity index is 199. The summed E-state index contributed by atoms with van der Waals surface area (Å²) in [4.78, 5) is 3.94. The molecule has 1 aliphatic rings. The maximum atomic E-state index is 4.99. The van der Waals surface area contributed by atoms with E-state index in [9.17, 15) is 0 Å². The zero-order valence-electron chi connectivity index (χ0n) is 6.53. The second kappa shape index (κ2) is 5.27. The molecule has 0 radical (unpaired) electrons. The zero-order chi connectivity index (χ0) is 6.81. The first-order valence-electron chi connectivity index (χ1n) is 3.58. The quantitative estimate of drug-likeness (QED) is 0.833. The van der Waals surface area contributed by atoms with Crippen molar-refractivity contribution in [2.45, 2.75) is 12.8 Å². The topological polar surface area (TPSA) is 38.1 Å². The molecule has 5 heteroatoms. The maximum Gasteiger partial charge on any atom is 0.294 e. The van der Waals surface area contributed by atoms with E-state index in [2.05, 4.69) is 10.3 Å². The lowest BCUT2D eigenvalue weighted by Crippen LogP contribution is -2.02. The molecule has 1 aromatic rings. The average molecular weight is 211 g/mol. The molecule has 2 rings (SSSR count). The van der Waals surface area contributed by atoms with Gasteiger partial charge in [-0.2, -0.15) is 0 Å². The minimum atomic E-state index is 0. The SMILES string of the molecule is Cl.Cl.c1coc(NCC2CC2)n1. The highest BCUT2D eigenvalue weighted by Gasteiger charge is 2.20. The molecule has 1 aliphatic carbocycles. The van der Waals surface area contributed by atoms with Crippen molar-refractivity contribution in [1.29, 1.82) is 0 Å². The van der Waals surface area contributed by atoms with Gasteiger partial charge in [-0.25, -0.2) is 4.98 Å². The van der Waals surface area contributed by atoms with Gasteiger partial charge in [0.2, 0.25) is 0 Å².